The standard InChI is InChI=1S/C23H21ClN6O2/c1-15-6-5-7-16(10-15)13-30-14-17(12-25-30)26-23(32)20-11-21(29(2)28-20)27-22(31)18-8-3-4-9-19(18)24/h3-12,14H,13H2,1-2H3,(H,26,32)(H,27,31). The van der Waals surface area contributed by atoms with Crippen LogP contribution >= 0.6 is 11.6 Å². The number of hydrogen-bond donors (Lipinski definition) is 2. The van der Waals surface area contributed by atoms with Crippen LogP contribution in [0.15, 0.2) is 67.0 Å². The number of amides is 2. The predicted molar refractivity (Wildman–Crippen MR) is 123 cm³/mol. The highest BCUT2D eigenvalue weighted by Crippen LogP contribution is 2.18. The summed E-state index contributed by atoms with van der Waals surface area (Å²) >= 11 is 6.08. The third kappa shape index (κ3) is 4.87. The van der Waals surface area contributed by atoms with Crippen LogP contribution in [0.2, 0.25) is 5.02 Å². The minimum absolute atomic E-state index is 0.161. The van der Waals surface area contributed by atoms with Crippen molar-refractivity contribution >= 4 is 34.9 Å². The second kappa shape index (κ2) is 9.07. The Hall–Kier alpha value is -3.91. The summed E-state index contributed by atoms with van der Waals surface area (Å²) in [7, 11) is 1.64. The van der Waals surface area contributed by atoms with Crippen LogP contribution < -0.4 is 10.6 Å². The number of halogens is 1. The number of aromatic nitrogens is 4. The number of aryl methyl sites for hydroxylation is 2. The lowest BCUT2D eigenvalue weighted by atomic mass is 10.1. The molecule has 2 amide bonds. The summed E-state index contributed by atoms with van der Waals surface area (Å²) in [5, 5.41) is 14.3. The zero-order chi connectivity index (χ0) is 22.7. The van der Waals surface area contributed by atoms with Gasteiger partial charge in [0.1, 0.15) is 5.82 Å². The maximum absolute atomic E-state index is 12.6. The maximum atomic E-state index is 12.6. The molecule has 2 aromatic heterocycles. The van der Waals surface area contributed by atoms with Gasteiger partial charge in [-0.2, -0.15) is 10.2 Å². The Bertz CT molecular complexity index is 1290. The van der Waals surface area contributed by atoms with E-state index in [4.69, 9.17) is 11.6 Å². The van der Waals surface area contributed by atoms with Crippen molar-refractivity contribution in [2.75, 3.05) is 10.6 Å². The lowest BCUT2D eigenvalue weighted by Gasteiger charge is -2.06. The zero-order valence-corrected chi connectivity index (χ0v) is 18.3. The van der Waals surface area contributed by atoms with Gasteiger partial charge in [0.05, 0.1) is 29.0 Å². The van der Waals surface area contributed by atoms with E-state index in [2.05, 4.69) is 26.9 Å². The van der Waals surface area contributed by atoms with Crippen molar-refractivity contribution in [2.45, 2.75) is 13.5 Å². The number of anilines is 2. The molecule has 8 nitrogen and oxygen atoms in total. The van der Waals surface area contributed by atoms with E-state index in [0.717, 1.165) is 5.56 Å². The van der Waals surface area contributed by atoms with Gasteiger partial charge in [0.25, 0.3) is 11.8 Å². The minimum atomic E-state index is -0.408. The molecule has 2 N–H and O–H groups in total. The molecule has 0 atom stereocenters. The third-order valence-corrected chi connectivity index (χ3v) is 5.12. The lowest BCUT2D eigenvalue weighted by Crippen LogP contribution is -2.14. The highest BCUT2D eigenvalue weighted by Gasteiger charge is 2.17. The predicted octanol–water partition coefficient (Wildman–Crippen LogP) is 4.13. The van der Waals surface area contributed by atoms with Crippen LogP contribution in [0.3, 0.4) is 0 Å². The van der Waals surface area contributed by atoms with Gasteiger partial charge in [0.2, 0.25) is 0 Å². The van der Waals surface area contributed by atoms with Crippen LogP contribution in [0.4, 0.5) is 11.5 Å². The Kier molecular flexibility index (Phi) is 6.04. The van der Waals surface area contributed by atoms with Crippen molar-refractivity contribution in [3.63, 3.8) is 0 Å². The first kappa shape index (κ1) is 21.3. The largest absolute Gasteiger partial charge is 0.318 e. The van der Waals surface area contributed by atoms with Crippen LogP contribution in [0.25, 0.3) is 0 Å². The lowest BCUT2D eigenvalue weighted by molar-refractivity contribution is 0.101. The fraction of sp³-hybridized carbons (Fsp3) is 0.130. The van der Waals surface area contributed by atoms with E-state index in [1.165, 1.54) is 16.3 Å². The summed E-state index contributed by atoms with van der Waals surface area (Å²) in [5.41, 5.74) is 3.34. The molecule has 0 spiro atoms. The Morgan fingerprint density at radius 1 is 1.03 bits per heavy atom. The van der Waals surface area contributed by atoms with E-state index in [1.54, 1.807) is 48.4 Å². The molecule has 9 heteroatoms. The Morgan fingerprint density at radius 2 is 1.84 bits per heavy atom. The van der Waals surface area contributed by atoms with Crippen molar-refractivity contribution in [1.29, 1.82) is 0 Å². The van der Waals surface area contributed by atoms with Crippen molar-refractivity contribution in [3.8, 4) is 0 Å². The quantitative estimate of drug-likeness (QED) is 0.463. The number of nitrogens with one attached hydrogen (secondary N) is 2. The molecule has 0 radical (unpaired) electrons. The van der Waals surface area contributed by atoms with E-state index in [9.17, 15) is 9.59 Å². The van der Waals surface area contributed by atoms with E-state index >= 15 is 0 Å². The highest BCUT2D eigenvalue weighted by molar-refractivity contribution is 6.34. The molecule has 0 fully saturated rings. The van der Waals surface area contributed by atoms with Crippen LogP contribution in [0.5, 0.6) is 0 Å². The number of benzene rings is 2. The molecule has 0 saturated carbocycles. The summed E-state index contributed by atoms with van der Waals surface area (Å²) in [6.07, 6.45) is 3.33. The summed E-state index contributed by atoms with van der Waals surface area (Å²) < 4.78 is 3.17. The molecule has 4 aromatic rings. The van der Waals surface area contributed by atoms with Crippen LogP contribution in [0.1, 0.15) is 32.0 Å². The first-order valence-corrected chi connectivity index (χ1v) is 10.3. The molecule has 32 heavy (non-hydrogen) atoms. The summed E-state index contributed by atoms with van der Waals surface area (Å²) in [6.45, 7) is 2.63. The van der Waals surface area contributed by atoms with Gasteiger partial charge in [-0.3, -0.25) is 19.0 Å². The van der Waals surface area contributed by atoms with Crippen LogP contribution in [-0.2, 0) is 13.6 Å². The Morgan fingerprint density at radius 3 is 2.62 bits per heavy atom. The van der Waals surface area contributed by atoms with Crippen LogP contribution in [-0.4, -0.2) is 31.4 Å². The molecule has 4 rings (SSSR count). The smallest absolute Gasteiger partial charge is 0.276 e. The molecule has 2 heterocycles. The van der Waals surface area contributed by atoms with Gasteiger partial charge < -0.3 is 10.6 Å². The number of nitrogens with zero attached hydrogens (tertiary/aromatic N) is 4. The van der Waals surface area contributed by atoms with Gasteiger partial charge in [0, 0.05) is 19.3 Å². The number of rotatable bonds is 6. The molecule has 0 saturated heterocycles. The molecule has 0 bridgehead atoms. The van der Waals surface area contributed by atoms with E-state index in [0.29, 0.717) is 28.6 Å². The van der Waals surface area contributed by atoms with Gasteiger partial charge >= 0.3 is 0 Å². The first-order valence-electron chi connectivity index (χ1n) is 9.88. The Labute approximate surface area is 189 Å². The van der Waals surface area contributed by atoms with E-state index < -0.39 is 5.91 Å². The number of hydrogen-bond acceptors (Lipinski definition) is 4. The first-order chi connectivity index (χ1) is 15.4. The van der Waals surface area contributed by atoms with Gasteiger partial charge in [0.15, 0.2) is 5.69 Å². The average molecular weight is 449 g/mol. The van der Waals surface area contributed by atoms with Gasteiger partial charge in [-0.05, 0) is 24.6 Å². The van der Waals surface area contributed by atoms with Crippen molar-refractivity contribution in [3.05, 3.63) is 94.4 Å². The van der Waals surface area contributed by atoms with Crippen LogP contribution in [0, 0.1) is 6.92 Å². The molecule has 2 aromatic carbocycles. The number of carbonyl (C=O) groups is 2. The molecular weight excluding hydrogens is 428 g/mol. The zero-order valence-electron chi connectivity index (χ0n) is 17.5. The molecule has 162 valence electrons. The summed E-state index contributed by atoms with van der Waals surface area (Å²) in [6, 6.07) is 16.4. The van der Waals surface area contributed by atoms with Crippen molar-refractivity contribution in [1.82, 2.24) is 19.6 Å². The maximum Gasteiger partial charge on any atom is 0.276 e. The highest BCUT2D eigenvalue weighted by atomic mass is 35.5. The minimum Gasteiger partial charge on any atom is -0.318 e. The second-order valence-corrected chi connectivity index (χ2v) is 7.75. The fourth-order valence-electron chi connectivity index (χ4n) is 3.23. The molecular formula is C23H21ClN6O2. The second-order valence-electron chi connectivity index (χ2n) is 7.34. The van der Waals surface area contributed by atoms with E-state index in [-0.39, 0.29) is 11.6 Å². The molecule has 0 aliphatic heterocycles. The van der Waals surface area contributed by atoms with E-state index in [1.807, 2.05) is 25.1 Å². The number of carbonyl (C=O) groups excluding carboxylic acids is 2. The monoisotopic (exact) mass is 448 g/mol. The fourth-order valence-corrected chi connectivity index (χ4v) is 3.45. The SMILES string of the molecule is Cc1cccc(Cn2cc(NC(=O)c3cc(NC(=O)c4ccccc4Cl)n(C)n3)cn2)c1. The topological polar surface area (TPSA) is 93.8 Å². The average Bonchev–Trinajstić information content (AvgIpc) is 3.34. The van der Waals surface area contributed by atoms with Crippen molar-refractivity contribution in [2.24, 2.45) is 7.05 Å². The summed E-state index contributed by atoms with van der Waals surface area (Å²) in [5.74, 6) is -0.424. The molecule has 0 aliphatic carbocycles. The normalized spacial score (nSPS) is 10.7. The third-order valence-electron chi connectivity index (χ3n) is 4.79. The Balaban J connectivity index is 1.42. The van der Waals surface area contributed by atoms with Gasteiger partial charge in [-0.1, -0.05) is 53.6 Å². The molecule has 0 unspecified atom stereocenters. The molecule has 0 aliphatic rings. The van der Waals surface area contributed by atoms with Crippen molar-refractivity contribution < 1.29 is 9.59 Å². The van der Waals surface area contributed by atoms with Gasteiger partial charge in [-0.25, -0.2) is 0 Å². The summed E-state index contributed by atoms with van der Waals surface area (Å²) in [4.78, 5) is 25.1. The van der Waals surface area contributed by atoms with Gasteiger partial charge in [-0.15, -0.1) is 0 Å².